The maximum atomic E-state index is 13.3. The number of nitrogens with one attached hydrogen (secondary N) is 2. The van der Waals surface area contributed by atoms with E-state index in [0.29, 0.717) is 75.7 Å². The summed E-state index contributed by atoms with van der Waals surface area (Å²) in [6.07, 6.45) is -4.49. The lowest BCUT2D eigenvalue weighted by atomic mass is 9.88. The fraction of sp³-hybridized carbons (Fsp3) is 0.288. The minimum absolute atomic E-state index is 0.203. The number of esters is 2. The smallest absolute Gasteiger partial charge is 0.416 e. The van der Waals surface area contributed by atoms with E-state index in [9.17, 15) is 45.5 Å². The van der Waals surface area contributed by atoms with Crippen molar-refractivity contribution in [2.75, 3.05) is 50.0 Å². The summed E-state index contributed by atoms with van der Waals surface area (Å²) in [5.41, 5.74) is 6.87. The van der Waals surface area contributed by atoms with Crippen LogP contribution in [0.15, 0.2) is 206 Å². The molecule has 2 N–H and O–H groups in total. The number of carbonyl (C=O) groups excluding carboxylic acids is 4. The molecule has 16 heteroatoms. The van der Waals surface area contributed by atoms with Gasteiger partial charge in [0.15, 0.2) is 0 Å². The molecule has 462 valence electrons. The van der Waals surface area contributed by atoms with Gasteiger partial charge in [-0.1, -0.05) is 159 Å². The molecule has 8 aromatic rings. The molecule has 2 aliphatic rings. The number of anilines is 2. The van der Waals surface area contributed by atoms with Gasteiger partial charge in [0.25, 0.3) is 11.8 Å². The van der Waals surface area contributed by atoms with E-state index in [1.54, 1.807) is 48.5 Å². The molecule has 2 atom stereocenters. The van der Waals surface area contributed by atoms with E-state index in [2.05, 4.69) is 34.3 Å². The van der Waals surface area contributed by atoms with E-state index < -0.39 is 35.6 Å². The SMILES string of the molecule is CC(C)CCOC(=O)C(c1ccccc1)N1CCC(c2ccc(NC(=O)c3ccccc3-c3ccc(C(F)(F)F)cc3)cc2)CC1.CCOC(=O)C(c1ccccc1)N1CCC(c2ccc(NC(=O)c3ccccc3-c3ccc(C(F)(F)F)cc3)cc2)CC1. The number of hydrogen-bond acceptors (Lipinski definition) is 8. The minimum atomic E-state index is -4.43. The molecule has 0 saturated carbocycles. The molecule has 0 radical (unpaired) electrons. The van der Waals surface area contributed by atoms with Crippen molar-refractivity contribution in [1.29, 1.82) is 0 Å². The third-order valence-corrected chi connectivity index (χ3v) is 16.4. The van der Waals surface area contributed by atoms with Crippen LogP contribution in [0.25, 0.3) is 22.3 Å². The van der Waals surface area contributed by atoms with Crippen LogP contribution in [-0.4, -0.2) is 72.9 Å². The fourth-order valence-electron chi connectivity index (χ4n) is 11.6. The van der Waals surface area contributed by atoms with Crippen molar-refractivity contribution in [3.63, 3.8) is 0 Å². The van der Waals surface area contributed by atoms with Crippen LogP contribution >= 0.6 is 0 Å². The first-order valence-corrected chi connectivity index (χ1v) is 30.1. The molecule has 0 spiro atoms. The summed E-state index contributed by atoms with van der Waals surface area (Å²) >= 11 is 0. The van der Waals surface area contributed by atoms with Gasteiger partial charge in [0, 0.05) is 22.5 Å². The first-order chi connectivity index (χ1) is 42.8. The van der Waals surface area contributed by atoms with Gasteiger partial charge in [-0.2, -0.15) is 26.3 Å². The highest BCUT2D eigenvalue weighted by atomic mass is 19.4. The Kier molecular flexibility index (Phi) is 21.7. The van der Waals surface area contributed by atoms with Crippen LogP contribution in [0, 0.1) is 5.92 Å². The maximum absolute atomic E-state index is 13.3. The van der Waals surface area contributed by atoms with Crippen molar-refractivity contribution in [1.82, 2.24) is 9.80 Å². The molecule has 8 aromatic carbocycles. The lowest BCUT2D eigenvalue weighted by molar-refractivity contribution is -0.151. The van der Waals surface area contributed by atoms with Gasteiger partial charge >= 0.3 is 24.3 Å². The van der Waals surface area contributed by atoms with E-state index in [1.165, 1.54) is 29.8 Å². The first kappa shape index (κ1) is 64.6. The summed E-state index contributed by atoms with van der Waals surface area (Å²) < 4.78 is 89.2. The van der Waals surface area contributed by atoms with Gasteiger partial charge < -0.3 is 20.1 Å². The molecule has 0 aromatic heterocycles. The van der Waals surface area contributed by atoms with Crippen LogP contribution in [0.4, 0.5) is 37.7 Å². The maximum Gasteiger partial charge on any atom is 0.416 e. The quantitative estimate of drug-likeness (QED) is 0.0644. The normalized spacial score (nSPS) is 15.0. The van der Waals surface area contributed by atoms with E-state index in [0.717, 1.165) is 99.2 Å². The predicted octanol–water partition coefficient (Wildman–Crippen LogP) is 17.2. The summed E-state index contributed by atoms with van der Waals surface area (Å²) in [6.45, 7) is 9.80. The van der Waals surface area contributed by atoms with Gasteiger partial charge in [0.2, 0.25) is 0 Å². The van der Waals surface area contributed by atoms with Crippen molar-refractivity contribution >= 4 is 35.1 Å². The van der Waals surface area contributed by atoms with E-state index in [-0.39, 0.29) is 23.8 Å². The van der Waals surface area contributed by atoms with Crippen LogP contribution in [0.3, 0.4) is 0 Å². The van der Waals surface area contributed by atoms with Gasteiger partial charge in [0.1, 0.15) is 12.1 Å². The second-order valence-electron chi connectivity index (χ2n) is 22.7. The van der Waals surface area contributed by atoms with E-state index >= 15 is 0 Å². The number of carbonyl (C=O) groups is 4. The number of rotatable bonds is 18. The number of likely N-dealkylation sites (tertiary alicyclic amines) is 2. The van der Waals surface area contributed by atoms with Crippen molar-refractivity contribution in [2.45, 2.75) is 89.1 Å². The molecule has 2 aliphatic heterocycles. The second kappa shape index (κ2) is 29.9. The van der Waals surface area contributed by atoms with Crippen LogP contribution < -0.4 is 10.6 Å². The molecular weight excluding hydrogens is 1140 g/mol. The zero-order valence-corrected chi connectivity index (χ0v) is 49.9. The van der Waals surface area contributed by atoms with Crippen molar-refractivity contribution in [3.8, 4) is 22.3 Å². The first-order valence-electron chi connectivity index (χ1n) is 30.1. The van der Waals surface area contributed by atoms with Gasteiger partial charge in [-0.25, -0.2) is 9.59 Å². The lowest BCUT2D eigenvalue weighted by Crippen LogP contribution is -2.40. The molecule has 10 rings (SSSR count). The Balaban J connectivity index is 0.000000212. The Morgan fingerprint density at radius 2 is 0.809 bits per heavy atom. The number of nitrogens with zero attached hydrogens (tertiary/aromatic N) is 2. The number of piperidine rings is 2. The van der Waals surface area contributed by atoms with E-state index in [1.807, 2.05) is 116 Å². The fourth-order valence-corrected chi connectivity index (χ4v) is 11.6. The molecule has 2 fully saturated rings. The Labute approximate surface area is 515 Å². The van der Waals surface area contributed by atoms with Crippen molar-refractivity contribution in [2.24, 2.45) is 5.92 Å². The summed E-state index contributed by atoms with van der Waals surface area (Å²) in [4.78, 5) is 56.9. The molecule has 89 heavy (non-hydrogen) atoms. The van der Waals surface area contributed by atoms with Gasteiger partial charge in [0.05, 0.1) is 24.3 Å². The highest BCUT2D eigenvalue weighted by molar-refractivity contribution is 6.09. The van der Waals surface area contributed by atoms with Gasteiger partial charge in [-0.15, -0.1) is 0 Å². The third kappa shape index (κ3) is 17.1. The zero-order chi connectivity index (χ0) is 63.1. The Morgan fingerprint density at radius 3 is 1.16 bits per heavy atom. The second-order valence-corrected chi connectivity index (χ2v) is 22.7. The zero-order valence-electron chi connectivity index (χ0n) is 49.9. The molecule has 2 unspecified atom stereocenters. The summed E-state index contributed by atoms with van der Waals surface area (Å²) in [5.74, 6) is -0.0274. The number of halogens is 6. The van der Waals surface area contributed by atoms with Gasteiger partial charge in [-0.05, 0) is 188 Å². The molecular formula is C73H72F6N4O6. The van der Waals surface area contributed by atoms with Crippen LogP contribution in [-0.2, 0) is 31.4 Å². The molecule has 0 bridgehead atoms. The third-order valence-electron chi connectivity index (χ3n) is 16.4. The van der Waals surface area contributed by atoms with Crippen LogP contribution in [0.1, 0.15) is 131 Å². The number of benzene rings is 8. The minimum Gasteiger partial charge on any atom is -0.465 e. The summed E-state index contributed by atoms with van der Waals surface area (Å²) in [6, 6.07) is 57.5. The topological polar surface area (TPSA) is 117 Å². The van der Waals surface area contributed by atoms with Crippen LogP contribution in [0.5, 0.6) is 0 Å². The monoisotopic (exact) mass is 1210 g/mol. The highest BCUT2D eigenvalue weighted by Crippen LogP contribution is 2.38. The molecule has 10 nitrogen and oxygen atoms in total. The summed E-state index contributed by atoms with van der Waals surface area (Å²) in [5, 5.41) is 5.85. The van der Waals surface area contributed by atoms with Crippen LogP contribution in [0.2, 0.25) is 0 Å². The van der Waals surface area contributed by atoms with Gasteiger partial charge in [-0.3, -0.25) is 19.4 Å². The van der Waals surface area contributed by atoms with E-state index in [4.69, 9.17) is 9.47 Å². The number of amides is 2. The summed E-state index contributed by atoms with van der Waals surface area (Å²) in [7, 11) is 0. The number of alkyl halides is 6. The lowest BCUT2D eigenvalue weighted by Gasteiger charge is -2.36. The Bertz CT molecular complexity index is 3600. The van der Waals surface area contributed by atoms with Crippen molar-refractivity contribution < 1.29 is 55.0 Å². The Hall–Kier alpha value is -8.86. The van der Waals surface area contributed by atoms with Crippen molar-refractivity contribution in [3.05, 3.63) is 251 Å². The molecule has 2 amide bonds. The molecule has 0 aliphatic carbocycles. The molecule has 2 saturated heterocycles. The predicted molar refractivity (Wildman–Crippen MR) is 335 cm³/mol. The Morgan fingerprint density at radius 1 is 0.461 bits per heavy atom. The number of hydrogen-bond donors (Lipinski definition) is 2. The highest BCUT2D eigenvalue weighted by Gasteiger charge is 2.35. The average molecular weight is 1220 g/mol. The average Bonchev–Trinajstić information content (AvgIpc) is 1.82. The number of ether oxygens (including phenoxy) is 2. The molecule has 2 heterocycles. The largest absolute Gasteiger partial charge is 0.465 e. The standard InChI is InChI=1S/C38H39F3N2O3.C35H33F3N2O3/c1-26(2)22-25-46-37(45)35(30-8-4-3-5-9-30)43-23-20-28(21-24-43)27-14-18-32(19-15-27)42-36(44)34-11-7-6-10-33(34)29-12-16-31(17-13-29)38(39,40)41;1-2-43-34(42)32(27-8-4-3-5-9-27)40-22-20-25(21-23-40)24-14-18-29(19-15-24)39-33(41)31-11-7-6-10-30(31)26-12-16-28(17-13-26)35(36,37)38/h3-19,26,28,35H,20-25H2,1-2H3,(H,42,44);3-19,25,32H,2,20-23H2,1H3,(H,39,41).